The van der Waals surface area contributed by atoms with Gasteiger partial charge in [-0.2, -0.15) is 0 Å². The SMILES string of the molecule is CCOC(=O)C(=O)NC1CCOC(CC)(CC)C1. The third-order valence-electron chi connectivity index (χ3n) is 3.58. The minimum atomic E-state index is -0.803. The molecule has 0 spiro atoms. The van der Waals surface area contributed by atoms with Crippen molar-refractivity contribution in [3.8, 4) is 0 Å². The van der Waals surface area contributed by atoms with E-state index in [1.807, 2.05) is 0 Å². The molecule has 0 saturated carbocycles. The molecule has 0 aromatic carbocycles. The minimum Gasteiger partial charge on any atom is -0.459 e. The average molecular weight is 257 g/mol. The lowest BCUT2D eigenvalue weighted by Crippen LogP contribution is -2.49. The Bertz CT molecular complexity index is 299. The lowest BCUT2D eigenvalue weighted by Gasteiger charge is -2.40. The molecule has 1 saturated heterocycles. The van der Waals surface area contributed by atoms with Crippen molar-refractivity contribution in [3.63, 3.8) is 0 Å². The fourth-order valence-corrected chi connectivity index (χ4v) is 2.33. The molecule has 0 aliphatic carbocycles. The van der Waals surface area contributed by atoms with Gasteiger partial charge in [-0.3, -0.25) is 4.79 Å². The molecule has 1 rings (SSSR count). The Balaban J connectivity index is 2.52. The Morgan fingerprint density at radius 3 is 2.56 bits per heavy atom. The van der Waals surface area contributed by atoms with E-state index >= 15 is 0 Å². The van der Waals surface area contributed by atoms with Crippen LogP contribution in [0.2, 0.25) is 0 Å². The Morgan fingerprint density at radius 1 is 1.33 bits per heavy atom. The van der Waals surface area contributed by atoms with Crippen LogP contribution in [0.15, 0.2) is 0 Å². The molecule has 1 aliphatic heterocycles. The van der Waals surface area contributed by atoms with Crippen LogP contribution in [0.25, 0.3) is 0 Å². The van der Waals surface area contributed by atoms with Gasteiger partial charge >= 0.3 is 11.9 Å². The summed E-state index contributed by atoms with van der Waals surface area (Å²) in [5, 5.41) is 2.73. The average Bonchev–Trinajstić information content (AvgIpc) is 2.39. The molecule has 18 heavy (non-hydrogen) atoms. The number of hydrogen-bond acceptors (Lipinski definition) is 4. The number of esters is 1. The van der Waals surface area contributed by atoms with Crippen molar-refractivity contribution in [3.05, 3.63) is 0 Å². The zero-order valence-corrected chi connectivity index (χ0v) is 11.5. The number of carbonyl (C=O) groups is 2. The van der Waals surface area contributed by atoms with Gasteiger partial charge in [0.1, 0.15) is 0 Å². The van der Waals surface area contributed by atoms with Crippen LogP contribution in [0.3, 0.4) is 0 Å². The number of rotatable bonds is 4. The number of ether oxygens (including phenoxy) is 2. The van der Waals surface area contributed by atoms with Crippen molar-refractivity contribution in [1.82, 2.24) is 5.32 Å². The normalized spacial score (nSPS) is 22.3. The van der Waals surface area contributed by atoms with Gasteiger partial charge in [-0.25, -0.2) is 4.79 Å². The lowest BCUT2D eigenvalue weighted by atomic mass is 9.86. The van der Waals surface area contributed by atoms with Gasteiger partial charge in [0.15, 0.2) is 0 Å². The molecule has 0 radical (unpaired) electrons. The van der Waals surface area contributed by atoms with Crippen LogP contribution in [0, 0.1) is 0 Å². The number of amides is 1. The molecule has 1 atom stereocenters. The van der Waals surface area contributed by atoms with E-state index in [1.165, 1.54) is 0 Å². The van der Waals surface area contributed by atoms with Crippen LogP contribution in [0.1, 0.15) is 46.5 Å². The first-order valence-electron chi connectivity index (χ1n) is 6.68. The Morgan fingerprint density at radius 2 is 2.00 bits per heavy atom. The number of nitrogens with one attached hydrogen (secondary N) is 1. The molecule has 5 heteroatoms. The van der Waals surface area contributed by atoms with Gasteiger partial charge in [-0.1, -0.05) is 13.8 Å². The molecule has 1 unspecified atom stereocenters. The van der Waals surface area contributed by atoms with E-state index in [0.717, 1.165) is 25.7 Å². The van der Waals surface area contributed by atoms with Crippen LogP contribution in [0.5, 0.6) is 0 Å². The second-order valence-corrected chi connectivity index (χ2v) is 4.62. The molecule has 5 nitrogen and oxygen atoms in total. The van der Waals surface area contributed by atoms with Crippen molar-refractivity contribution < 1.29 is 19.1 Å². The van der Waals surface area contributed by atoms with Crippen LogP contribution in [0.4, 0.5) is 0 Å². The molecular weight excluding hydrogens is 234 g/mol. The van der Waals surface area contributed by atoms with Crippen molar-refractivity contribution in [2.75, 3.05) is 13.2 Å². The van der Waals surface area contributed by atoms with Crippen LogP contribution >= 0.6 is 0 Å². The Hall–Kier alpha value is -1.10. The molecule has 104 valence electrons. The molecule has 1 amide bonds. The summed E-state index contributed by atoms with van der Waals surface area (Å²) in [6.45, 7) is 6.68. The smallest absolute Gasteiger partial charge is 0.396 e. The molecule has 1 heterocycles. The minimum absolute atomic E-state index is 0.00411. The molecule has 1 aliphatic rings. The second-order valence-electron chi connectivity index (χ2n) is 4.62. The van der Waals surface area contributed by atoms with Gasteiger partial charge in [-0.15, -0.1) is 0 Å². The predicted molar refractivity (Wildman–Crippen MR) is 67.1 cm³/mol. The number of hydrogen-bond donors (Lipinski definition) is 1. The molecule has 1 N–H and O–H groups in total. The first kappa shape index (κ1) is 15.0. The second kappa shape index (κ2) is 6.73. The maximum absolute atomic E-state index is 11.6. The first-order chi connectivity index (χ1) is 8.56. The predicted octanol–water partition coefficient (Wildman–Crippen LogP) is 1.40. The van der Waals surface area contributed by atoms with Crippen molar-refractivity contribution in [2.45, 2.75) is 58.1 Å². The largest absolute Gasteiger partial charge is 0.459 e. The fourth-order valence-electron chi connectivity index (χ4n) is 2.33. The number of carbonyl (C=O) groups excluding carboxylic acids is 2. The third-order valence-corrected chi connectivity index (χ3v) is 3.58. The Labute approximate surface area is 108 Å². The van der Waals surface area contributed by atoms with Gasteiger partial charge in [0.05, 0.1) is 12.2 Å². The third kappa shape index (κ3) is 3.70. The van der Waals surface area contributed by atoms with Crippen LogP contribution < -0.4 is 5.32 Å². The van der Waals surface area contributed by atoms with E-state index in [9.17, 15) is 9.59 Å². The van der Waals surface area contributed by atoms with Crippen LogP contribution in [-0.2, 0) is 19.1 Å². The summed E-state index contributed by atoms with van der Waals surface area (Å²) >= 11 is 0. The summed E-state index contributed by atoms with van der Waals surface area (Å²) in [7, 11) is 0. The summed E-state index contributed by atoms with van der Waals surface area (Å²) in [4.78, 5) is 22.8. The lowest BCUT2D eigenvalue weighted by molar-refractivity contribution is -0.156. The van der Waals surface area contributed by atoms with E-state index in [4.69, 9.17) is 4.74 Å². The molecular formula is C13H23NO4. The summed E-state index contributed by atoms with van der Waals surface area (Å²) in [6.07, 6.45) is 3.32. The van der Waals surface area contributed by atoms with Crippen molar-refractivity contribution >= 4 is 11.9 Å². The molecule has 1 fully saturated rings. The maximum Gasteiger partial charge on any atom is 0.396 e. The zero-order valence-electron chi connectivity index (χ0n) is 11.5. The highest BCUT2D eigenvalue weighted by Crippen LogP contribution is 2.31. The molecule has 0 bridgehead atoms. The van der Waals surface area contributed by atoms with E-state index < -0.39 is 11.9 Å². The summed E-state index contributed by atoms with van der Waals surface area (Å²) < 4.78 is 10.5. The van der Waals surface area contributed by atoms with Gasteiger partial charge in [0.25, 0.3) is 0 Å². The fraction of sp³-hybridized carbons (Fsp3) is 0.846. The van der Waals surface area contributed by atoms with Gasteiger partial charge in [-0.05, 0) is 32.6 Å². The summed E-state index contributed by atoms with van der Waals surface area (Å²) in [5.41, 5.74) is -0.162. The van der Waals surface area contributed by atoms with Crippen LogP contribution in [-0.4, -0.2) is 36.7 Å². The summed E-state index contributed by atoms with van der Waals surface area (Å²) in [6, 6.07) is -0.00411. The monoisotopic (exact) mass is 257 g/mol. The highest BCUT2D eigenvalue weighted by molar-refractivity contribution is 6.32. The standard InChI is InChI=1S/C13H23NO4/c1-4-13(5-2)9-10(7-8-18-13)14-11(15)12(16)17-6-3/h10H,4-9H2,1-3H3,(H,14,15). The van der Waals surface area contributed by atoms with Crippen molar-refractivity contribution in [2.24, 2.45) is 0 Å². The van der Waals surface area contributed by atoms with E-state index in [1.54, 1.807) is 6.92 Å². The van der Waals surface area contributed by atoms with E-state index in [0.29, 0.717) is 6.61 Å². The topological polar surface area (TPSA) is 64.6 Å². The van der Waals surface area contributed by atoms with E-state index in [-0.39, 0.29) is 18.2 Å². The highest BCUT2D eigenvalue weighted by Gasteiger charge is 2.35. The van der Waals surface area contributed by atoms with Gasteiger partial charge < -0.3 is 14.8 Å². The van der Waals surface area contributed by atoms with E-state index in [2.05, 4.69) is 23.9 Å². The van der Waals surface area contributed by atoms with Gasteiger partial charge in [0.2, 0.25) is 0 Å². The quantitative estimate of drug-likeness (QED) is 0.611. The molecule has 0 aromatic heterocycles. The first-order valence-corrected chi connectivity index (χ1v) is 6.68. The van der Waals surface area contributed by atoms with Gasteiger partial charge in [0, 0.05) is 12.6 Å². The highest BCUT2D eigenvalue weighted by atomic mass is 16.5. The summed E-state index contributed by atoms with van der Waals surface area (Å²) in [5.74, 6) is -1.45. The Kier molecular flexibility index (Phi) is 5.59. The maximum atomic E-state index is 11.6. The van der Waals surface area contributed by atoms with Crippen molar-refractivity contribution in [1.29, 1.82) is 0 Å². The zero-order chi connectivity index (χ0) is 13.6. The molecule has 0 aromatic rings.